The summed E-state index contributed by atoms with van der Waals surface area (Å²) in [5.74, 6) is -1.21. The maximum atomic E-state index is 14.0. The number of aliphatic hydroxyl groups excluding tert-OH is 1. The molecule has 1 N–H and O–H groups in total. The molecule has 13 nitrogen and oxygen atoms in total. The number of aliphatic hydroxyl groups is 1. The van der Waals surface area contributed by atoms with Gasteiger partial charge in [0.1, 0.15) is 5.58 Å². The summed E-state index contributed by atoms with van der Waals surface area (Å²) in [5.41, 5.74) is 0.692. The van der Waals surface area contributed by atoms with Gasteiger partial charge in [0.25, 0.3) is 5.91 Å². The van der Waals surface area contributed by atoms with E-state index in [1.807, 2.05) is 6.92 Å². The number of para-hydroxylation sites is 1. The van der Waals surface area contributed by atoms with Crippen LogP contribution < -0.4 is 5.43 Å². The highest BCUT2D eigenvalue weighted by molar-refractivity contribution is 5.92. The van der Waals surface area contributed by atoms with Gasteiger partial charge in [-0.25, -0.2) is 0 Å². The Kier molecular flexibility index (Phi) is 15.9. The summed E-state index contributed by atoms with van der Waals surface area (Å²) in [5, 5.41) is 9.36. The zero-order valence-electron chi connectivity index (χ0n) is 26.6. The fourth-order valence-electron chi connectivity index (χ4n) is 5.30. The Morgan fingerprint density at radius 3 is 2.17 bits per heavy atom. The molecule has 0 spiro atoms. The van der Waals surface area contributed by atoms with E-state index in [1.165, 1.54) is 6.26 Å². The molecule has 1 saturated heterocycles. The molecule has 3 heterocycles. The van der Waals surface area contributed by atoms with E-state index in [0.29, 0.717) is 115 Å². The van der Waals surface area contributed by atoms with Crippen molar-refractivity contribution in [3.8, 4) is 0 Å². The lowest BCUT2D eigenvalue weighted by atomic mass is 9.81. The first-order valence-electron chi connectivity index (χ1n) is 16.0. The molecular weight excluding hydrogens is 602 g/mol. The quantitative estimate of drug-likeness (QED) is 0.336. The first-order valence-corrected chi connectivity index (χ1v) is 16.0. The molecule has 2 aromatic rings. The molecule has 0 unspecified atom stereocenters. The molecule has 1 amide bonds. The second kappa shape index (κ2) is 20.4. The third kappa shape index (κ3) is 10.8. The first kappa shape index (κ1) is 36.0. The molecule has 2 aliphatic heterocycles. The van der Waals surface area contributed by atoms with Gasteiger partial charge in [0.05, 0.1) is 90.9 Å². The van der Waals surface area contributed by atoms with E-state index < -0.39 is 12.2 Å². The van der Waals surface area contributed by atoms with Crippen LogP contribution in [-0.2, 0) is 42.7 Å². The molecule has 0 aliphatic carbocycles. The summed E-state index contributed by atoms with van der Waals surface area (Å²) in [6, 6.07) is 7.06. The summed E-state index contributed by atoms with van der Waals surface area (Å²) in [6.07, 6.45) is 2.81. The van der Waals surface area contributed by atoms with Gasteiger partial charge in [0, 0.05) is 43.7 Å². The Balaban J connectivity index is 1.59. The van der Waals surface area contributed by atoms with Crippen LogP contribution in [0.2, 0.25) is 0 Å². The predicted octanol–water partition coefficient (Wildman–Crippen LogP) is 2.09. The van der Waals surface area contributed by atoms with E-state index in [4.69, 9.17) is 47.4 Å². The minimum atomic E-state index is -0.829. The van der Waals surface area contributed by atoms with Crippen molar-refractivity contribution in [2.45, 2.75) is 25.6 Å². The monoisotopic (exact) mass is 649 g/mol. The lowest BCUT2D eigenvalue weighted by Crippen LogP contribution is -2.43. The van der Waals surface area contributed by atoms with Crippen molar-refractivity contribution >= 4 is 16.9 Å². The lowest BCUT2D eigenvalue weighted by molar-refractivity contribution is -0.172. The van der Waals surface area contributed by atoms with Gasteiger partial charge in [-0.05, 0) is 31.6 Å². The molecule has 0 saturated carbocycles. The topological polar surface area (TPSA) is 145 Å². The molecule has 13 heteroatoms. The Morgan fingerprint density at radius 1 is 0.891 bits per heavy atom. The number of ether oxygens (including phenoxy) is 8. The number of rotatable bonds is 12. The summed E-state index contributed by atoms with van der Waals surface area (Å²) in [7, 11) is 0. The average Bonchev–Trinajstić information content (AvgIpc) is 3.08. The highest BCUT2D eigenvalue weighted by Gasteiger charge is 2.40. The molecule has 1 aromatic carbocycles. The van der Waals surface area contributed by atoms with E-state index in [-0.39, 0.29) is 36.2 Å². The van der Waals surface area contributed by atoms with Crippen LogP contribution >= 0.6 is 0 Å². The Labute approximate surface area is 269 Å². The van der Waals surface area contributed by atoms with Crippen molar-refractivity contribution in [2.24, 2.45) is 5.92 Å². The van der Waals surface area contributed by atoms with Gasteiger partial charge in [-0.15, -0.1) is 0 Å². The van der Waals surface area contributed by atoms with Crippen LogP contribution in [0.25, 0.3) is 11.0 Å². The Hall–Kier alpha value is -2.88. The summed E-state index contributed by atoms with van der Waals surface area (Å²) < 4.78 is 51.7. The van der Waals surface area contributed by atoms with Crippen molar-refractivity contribution in [3.05, 3.63) is 58.2 Å². The number of hydrogen-bond donors (Lipinski definition) is 1. The third-order valence-corrected chi connectivity index (χ3v) is 7.61. The number of fused-ring (bicyclic) bond motifs is 1. The highest BCUT2D eigenvalue weighted by atomic mass is 16.7. The number of carbonyl (C=O) groups excluding carboxylic acids is 1. The molecule has 0 bridgehead atoms. The van der Waals surface area contributed by atoms with Crippen LogP contribution in [-0.4, -0.2) is 128 Å². The van der Waals surface area contributed by atoms with Crippen molar-refractivity contribution in [1.29, 1.82) is 0 Å². The van der Waals surface area contributed by atoms with E-state index in [0.717, 1.165) is 0 Å². The Morgan fingerprint density at radius 2 is 1.52 bits per heavy atom. The molecule has 4 rings (SSSR count). The summed E-state index contributed by atoms with van der Waals surface area (Å²) >= 11 is 0. The number of carbonyl (C=O) groups is 1. The number of allylic oxidation sites excluding steroid dienone is 1. The van der Waals surface area contributed by atoms with Crippen LogP contribution in [0, 0.1) is 5.92 Å². The van der Waals surface area contributed by atoms with E-state index in [1.54, 1.807) is 35.2 Å². The standard InChI is InChI=1S/C33H47NO12/c1-2-44-33-25(7-11-38-15-18-41-14-10-35)27(28-24-45-29-6-4-3-5-26(29)31(28)36)23-30(46-33)32(37)34-8-12-39-16-19-42-21-22-43-20-17-40-13-9-34/h3-6,23-25,27,33,35H,2,7-22H2,1H3/t25-,27-,33+/m1/s1. The second-order valence-corrected chi connectivity index (χ2v) is 10.7. The van der Waals surface area contributed by atoms with Gasteiger partial charge in [0.2, 0.25) is 6.29 Å². The van der Waals surface area contributed by atoms with Crippen molar-refractivity contribution in [2.75, 3.05) is 106 Å². The highest BCUT2D eigenvalue weighted by Crippen LogP contribution is 2.38. The van der Waals surface area contributed by atoms with Crippen molar-refractivity contribution in [1.82, 2.24) is 4.90 Å². The van der Waals surface area contributed by atoms with Crippen LogP contribution in [0.5, 0.6) is 0 Å². The smallest absolute Gasteiger partial charge is 0.288 e. The molecule has 256 valence electrons. The van der Waals surface area contributed by atoms with Crippen molar-refractivity contribution < 1.29 is 52.2 Å². The minimum absolute atomic E-state index is 0.0553. The third-order valence-electron chi connectivity index (χ3n) is 7.61. The Bertz CT molecular complexity index is 1250. The fraction of sp³-hybridized carbons (Fsp3) is 0.636. The maximum absolute atomic E-state index is 14.0. The number of hydrogen-bond acceptors (Lipinski definition) is 12. The van der Waals surface area contributed by atoms with Gasteiger partial charge < -0.3 is 52.3 Å². The zero-order valence-corrected chi connectivity index (χ0v) is 26.6. The van der Waals surface area contributed by atoms with E-state index >= 15 is 0 Å². The average molecular weight is 650 g/mol. The SMILES string of the molecule is CCO[C@H]1OC(C(=O)N2CCOCCOCCOCCOCC2)=C[C@@H](c2coc3ccccc3c2=O)[C@H]1CCOCCOCCO. The largest absolute Gasteiger partial charge is 0.464 e. The van der Waals surface area contributed by atoms with Crippen LogP contribution in [0.1, 0.15) is 24.8 Å². The van der Waals surface area contributed by atoms with Crippen LogP contribution in [0.15, 0.2) is 51.6 Å². The molecular formula is C33H47NO12. The lowest BCUT2D eigenvalue weighted by Gasteiger charge is -2.37. The fourth-order valence-corrected chi connectivity index (χ4v) is 5.30. The minimum Gasteiger partial charge on any atom is -0.464 e. The number of amides is 1. The normalized spacial score (nSPS) is 22.4. The van der Waals surface area contributed by atoms with Gasteiger partial charge in [-0.3, -0.25) is 9.59 Å². The van der Waals surface area contributed by atoms with Crippen LogP contribution in [0.3, 0.4) is 0 Å². The molecule has 3 atom stereocenters. The molecule has 46 heavy (non-hydrogen) atoms. The maximum Gasteiger partial charge on any atom is 0.288 e. The van der Waals surface area contributed by atoms with Gasteiger partial charge >= 0.3 is 0 Å². The molecule has 1 fully saturated rings. The van der Waals surface area contributed by atoms with Gasteiger partial charge in [-0.1, -0.05) is 12.1 Å². The molecule has 2 aliphatic rings. The molecule has 0 radical (unpaired) electrons. The second-order valence-electron chi connectivity index (χ2n) is 10.7. The first-order chi connectivity index (χ1) is 22.6. The van der Waals surface area contributed by atoms with Crippen molar-refractivity contribution in [3.63, 3.8) is 0 Å². The molecule has 1 aromatic heterocycles. The van der Waals surface area contributed by atoms with E-state index in [2.05, 4.69) is 0 Å². The van der Waals surface area contributed by atoms with E-state index in [9.17, 15) is 9.59 Å². The van der Waals surface area contributed by atoms with Crippen LogP contribution in [0.4, 0.5) is 0 Å². The number of benzene rings is 1. The summed E-state index contributed by atoms with van der Waals surface area (Å²) in [4.78, 5) is 29.4. The zero-order chi connectivity index (χ0) is 32.4. The number of nitrogens with zero attached hydrogens (tertiary/aromatic N) is 1. The van der Waals surface area contributed by atoms with Gasteiger partial charge in [0.15, 0.2) is 11.2 Å². The summed E-state index contributed by atoms with van der Waals surface area (Å²) in [6.45, 7) is 7.16. The predicted molar refractivity (Wildman–Crippen MR) is 166 cm³/mol. The van der Waals surface area contributed by atoms with Gasteiger partial charge in [-0.2, -0.15) is 0 Å².